The Morgan fingerprint density at radius 1 is 1.22 bits per heavy atom. The molecule has 1 aromatic carbocycles. The molecule has 0 aliphatic carbocycles. The summed E-state index contributed by atoms with van der Waals surface area (Å²) in [7, 11) is 0. The van der Waals surface area contributed by atoms with E-state index in [1.165, 1.54) is 0 Å². The second-order valence-electron chi connectivity index (χ2n) is 4.09. The molecule has 0 spiro atoms. The van der Waals surface area contributed by atoms with Crippen LogP contribution in [0, 0.1) is 0 Å². The minimum Gasteiger partial charge on any atom is -0.403 e. The van der Waals surface area contributed by atoms with Crippen molar-refractivity contribution in [2.45, 2.75) is 26.3 Å². The number of hydrogen-bond acceptors (Lipinski definition) is 5. The Labute approximate surface area is 106 Å². The zero-order valence-corrected chi connectivity index (χ0v) is 10.5. The highest BCUT2D eigenvalue weighted by molar-refractivity contribution is 5.53. The summed E-state index contributed by atoms with van der Waals surface area (Å²) in [4.78, 5) is 0. The van der Waals surface area contributed by atoms with Crippen LogP contribution < -0.4 is 11.1 Å². The number of hydrogen-bond donors (Lipinski definition) is 2. The highest BCUT2D eigenvalue weighted by Crippen LogP contribution is 2.20. The van der Waals surface area contributed by atoms with Crippen molar-refractivity contribution in [3.05, 3.63) is 29.8 Å². The van der Waals surface area contributed by atoms with Crippen molar-refractivity contribution >= 4 is 6.01 Å². The molecule has 0 fully saturated rings. The Kier molecular flexibility index (Phi) is 4.30. The van der Waals surface area contributed by atoms with Crippen LogP contribution in [0.5, 0.6) is 0 Å². The van der Waals surface area contributed by atoms with E-state index in [9.17, 15) is 0 Å². The van der Waals surface area contributed by atoms with Gasteiger partial charge in [-0.05, 0) is 24.1 Å². The van der Waals surface area contributed by atoms with Crippen molar-refractivity contribution in [2.75, 3.05) is 11.9 Å². The highest BCUT2D eigenvalue weighted by atomic mass is 16.4. The fourth-order valence-corrected chi connectivity index (χ4v) is 1.57. The van der Waals surface area contributed by atoms with E-state index in [0.717, 1.165) is 30.5 Å². The summed E-state index contributed by atoms with van der Waals surface area (Å²) in [5, 5.41) is 11.1. The molecule has 0 aliphatic heterocycles. The number of rotatable bonds is 6. The largest absolute Gasteiger partial charge is 0.403 e. The third-order valence-electron chi connectivity index (χ3n) is 2.67. The normalized spacial score (nSPS) is 10.6. The van der Waals surface area contributed by atoms with Crippen LogP contribution in [-0.4, -0.2) is 16.7 Å². The summed E-state index contributed by atoms with van der Waals surface area (Å²) < 4.78 is 5.53. The SMILES string of the molecule is CCCCNc1nnc(-c2ccc(CN)cc2)o1. The van der Waals surface area contributed by atoms with Crippen LogP contribution in [0.4, 0.5) is 6.01 Å². The van der Waals surface area contributed by atoms with E-state index in [-0.39, 0.29) is 0 Å². The molecule has 5 nitrogen and oxygen atoms in total. The number of nitrogens with one attached hydrogen (secondary N) is 1. The lowest BCUT2D eigenvalue weighted by Crippen LogP contribution is -2.00. The molecule has 1 heterocycles. The standard InChI is InChI=1S/C13H18N4O/c1-2-3-8-15-13-17-16-12(18-13)11-6-4-10(9-14)5-7-11/h4-7H,2-3,8-9,14H2,1H3,(H,15,17). The summed E-state index contributed by atoms with van der Waals surface area (Å²) >= 11 is 0. The molecule has 0 unspecified atom stereocenters. The first kappa shape index (κ1) is 12.6. The third-order valence-corrected chi connectivity index (χ3v) is 2.67. The lowest BCUT2D eigenvalue weighted by Gasteiger charge is -1.99. The zero-order valence-electron chi connectivity index (χ0n) is 10.5. The average molecular weight is 246 g/mol. The predicted molar refractivity (Wildman–Crippen MR) is 71.0 cm³/mol. The molecule has 5 heteroatoms. The van der Waals surface area contributed by atoms with Crippen molar-refractivity contribution in [3.8, 4) is 11.5 Å². The molecular formula is C13H18N4O. The number of unbranched alkanes of at least 4 members (excludes halogenated alkanes) is 1. The first-order valence-electron chi connectivity index (χ1n) is 6.20. The minimum atomic E-state index is 0.473. The van der Waals surface area contributed by atoms with Crippen LogP contribution in [0.1, 0.15) is 25.3 Å². The monoisotopic (exact) mass is 246 g/mol. The van der Waals surface area contributed by atoms with Crippen LogP contribution in [0.3, 0.4) is 0 Å². The Morgan fingerprint density at radius 3 is 2.67 bits per heavy atom. The van der Waals surface area contributed by atoms with Crippen LogP contribution >= 0.6 is 0 Å². The molecular weight excluding hydrogens is 228 g/mol. The third kappa shape index (κ3) is 3.07. The number of aromatic nitrogens is 2. The summed E-state index contributed by atoms with van der Waals surface area (Å²) in [6, 6.07) is 8.27. The van der Waals surface area contributed by atoms with Gasteiger partial charge in [-0.2, -0.15) is 0 Å². The maximum atomic E-state index is 5.55. The van der Waals surface area contributed by atoms with Crippen molar-refractivity contribution in [1.29, 1.82) is 0 Å². The van der Waals surface area contributed by atoms with Gasteiger partial charge in [0.25, 0.3) is 0 Å². The maximum Gasteiger partial charge on any atom is 0.315 e. The molecule has 96 valence electrons. The topological polar surface area (TPSA) is 77.0 Å². The van der Waals surface area contributed by atoms with Gasteiger partial charge in [-0.1, -0.05) is 30.6 Å². The van der Waals surface area contributed by atoms with Crippen LogP contribution in [0.2, 0.25) is 0 Å². The van der Waals surface area contributed by atoms with Gasteiger partial charge >= 0.3 is 6.01 Å². The average Bonchev–Trinajstić information content (AvgIpc) is 2.88. The summed E-state index contributed by atoms with van der Waals surface area (Å²) in [6.07, 6.45) is 2.22. The molecule has 0 radical (unpaired) electrons. The Bertz CT molecular complexity index is 478. The van der Waals surface area contributed by atoms with E-state index in [1.807, 2.05) is 24.3 Å². The number of anilines is 1. The van der Waals surface area contributed by atoms with Crippen LogP contribution in [-0.2, 0) is 6.54 Å². The second-order valence-corrected chi connectivity index (χ2v) is 4.09. The molecule has 2 rings (SSSR count). The van der Waals surface area contributed by atoms with E-state index >= 15 is 0 Å². The smallest absolute Gasteiger partial charge is 0.315 e. The molecule has 18 heavy (non-hydrogen) atoms. The Morgan fingerprint density at radius 2 is 2.00 bits per heavy atom. The maximum absolute atomic E-state index is 5.55. The minimum absolute atomic E-state index is 0.473. The van der Waals surface area contributed by atoms with E-state index < -0.39 is 0 Å². The van der Waals surface area contributed by atoms with Crippen molar-refractivity contribution in [2.24, 2.45) is 5.73 Å². The summed E-state index contributed by atoms with van der Waals surface area (Å²) in [6.45, 7) is 3.53. The Hall–Kier alpha value is -1.88. The quantitative estimate of drug-likeness (QED) is 0.765. The van der Waals surface area contributed by atoms with Crippen molar-refractivity contribution < 1.29 is 4.42 Å². The van der Waals surface area contributed by atoms with Crippen molar-refractivity contribution in [3.63, 3.8) is 0 Å². The fourth-order valence-electron chi connectivity index (χ4n) is 1.57. The lowest BCUT2D eigenvalue weighted by atomic mass is 10.1. The van der Waals surface area contributed by atoms with Gasteiger partial charge in [0.2, 0.25) is 5.89 Å². The number of nitrogens with two attached hydrogens (primary N) is 1. The van der Waals surface area contributed by atoms with Gasteiger partial charge in [-0.3, -0.25) is 0 Å². The van der Waals surface area contributed by atoms with Gasteiger partial charge in [0, 0.05) is 18.7 Å². The van der Waals surface area contributed by atoms with Gasteiger partial charge in [-0.15, -0.1) is 5.10 Å². The van der Waals surface area contributed by atoms with Crippen LogP contribution in [0.25, 0.3) is 11.5 Å². The molecule has 3 N–H and O–H groups in total. The van der Waals surface area contributed by atoms with E-state index in [2.05, 4.69) is 22.4 Å². The second kappa shape index (κ2) is 6.16. The molecule has 1 aromatic heterocycles. The van der Waals surface area contributed by atoms with Gasteiger partial charge in [0.1, 0.15) is 0 Å². The van der Waals surface area contributed by atoms with E-state index in [0.29, 0.717) is 18.5 Å². The molecule has 0 atom stereocenters. The van der Waals surface area contributed by atoms with E-state index in [4.69, 9.17) is 10.2 Å². The lowest BCUT2D eigenvalue weighted by molar-refractivity contribution is 0.579. The summed E-state index contributed by atoms with van der Waals surface area (Å²) in [5.74, 6) is 0.526. The zero-order chi connectivity index (χ0) is 12.8. The summed E-state index contributed by atoms with van der Waals surface area (Å²) in [5.41, 5.74) is 7.54. The predicted octanol–water partition coefficient (Wildman–Crippen LogP) is 2.41. The molecule has 0 saturated heterocycles. The van der Waals surface area contributed by atoms with E-state index in [1.54, 1.807) is 0 Å². The first-order valence-corrected chi connectivity index (χ1v) is 6.20. The fraction of sp³-hybridized carbons (Fsp3) is 0.385. The number of benzene rings is 1. The first-order chi connectivity index (χ1) is 8.83. The van der Waals surface area contributed by atoms with Gasteiger partial charge in [0.15, 0.2) is 0 Å². The number of nitrogens with zero attached hydrogens (tertiary/aromatic N) is 2. The van der Waals surface area contributed by atoms with Gasteiger partial charge in [0.05, 0.1) is 0 Å². The highest BCUT2D eigenvalue weighted by Gasteiger charge is 2.07. The van der Waals surface area contributed by atoms with Crippen molar-refractivity contribution in [1.82, 2.24) is 10.2 Å². The molecule has 0 amide bonds. The Balaban J connectivity index is 2.04. The molecule has 0 bridgehead atoms. The van der Waals surface area contributed by atoms with Crippen LogP contribution in [0.15, 0.2) is 28.7 Å². The molecule has 0 saturated carbocycles. The van der Waals surface area contributed by atoms with Gasteiger partial charge < -0.3 is 15.5 Å². The molecule has 2 aromatic rings. The molecule has 0 aliphatic rings. The van der Waals surface area contributed by atoms with Gasteiger partial charge in [-0.25, -0.2) is 0 Å².